The van der Waals surface area contributed by atoms with E-state index in [9.17, 15) is 9.90 Å². The van der Waals surface area contributed by atoms with Crippen molar-refractivity contribution in [3.63, 3.8) is 0 Å². The summed E-state index contributed by atoms with van der Waals surface area (Å²) in [6.45, 7) is 1.74. The zero-order chi connectivity index (χ0) is 20.0. The molecule has 0 amide bonds. The zero-order valence-corrected chi connectivity index (χ0v) is 16.3. The number of benzene rings is 2. The van der Waals surface area contributed by atoms with E-state index in [2.05, 4.69) is 10.1 Å². The zero-order valence-electron chi connectivity index (χ0n) is 15.6. The molecule has 6 nitrogen and oxygen atoms in total. The second kappa shape index (κ2) is 8.63. The number of aromatic amines is 1. The van der Waals surface area contributed by atoms with Crippen molar-refractivity contribution >= 4 is 79.6 Å². The van der Waals surface area contributed by atoms with E-state index in [1.54, 1.807) is 25.1 Å². The number of nitrogens with zero attached hydrogens (tertiary/aromatic N) is 2. The molecule has 0 saturated heterocycles. The van der Waals surface area contributed by atoms with Crippen LogP contribution in [-0.4, -0.2) is 80.7 Å². The summed E-state index contributed by atoms with van der Waals surface area (Å²) in [6, 6.07) is 12.9. The Morgan fingerprint density at radius 3 is 2.41 bits per heavy atom. The molecular weight excluding hydrogens is 417 g/mol. The molecule has 144 valence electrons. The second-order valence-electron chi connectivity index (χ2n) is 6.83. The van der Waals surface area contributed by atoms with Crippen LogP contribution in [0.4, 0.5) is 5.69 Å². The van der Waals surface area contributed by atoms with E-state index in [1.165, 1.54) is 0 Å². The Hall–Kier alpha value is -1.61. The molecule has 8 heteroatoms. The molecule has 0 saturated carbocycles. The van der Waals surface area contributed by atoms with E-state index in [-0.39, 0.29) is 68.5 Å². The molecule has 0 aliphatic carbocycles. The Kier molecular flexibility index (Phi) is 6.57. The van der Waals surface area contributed by atoms with Crippen LogP contribution in [-0.2, 0) is 0 Å². The topological polar surface area (TPSA) is 82.4 Å². The van der Waals surface area contributed by atoms with E-state index in [0.29, 0.717) is 21.6 Å². The number of rotatable bonds is 3. The molecule has 29 heavy (non-hydrogen) atoms. The molecule has 4 rings (SSSR count). The van der Waals surface area contributed by atoms with Crippen LogP contribution in [0.5, 0.6) is 5.75 Å². The van der Waals surface area contributed by atoms with Gasteiger partial charge in [0.25, 0.3) is 5.56 Å². The van der Waals surface area contributed by atoms with Gasteiger partial charge in [0.05, 0.1) is 16.2 Å². The molecule has 2 aromatic carbocycles. The third-order valence-electron chi connectivity index (χ3n) is 4.64. The van der Waals surface area contributed by atoms with Gasteiger partial charge in [-0.1, -0.05) is 28.9 Å². The number of aromatic hydroxyl groups is 1. The second-order valence-corrected chi connectivity index (χ2v) is 7.24. The summed E-state index contributed by atoms with van der Waals surface area (Å²) in [4.78, 5) is 17.2. The quantitative estimate of drug-likeness (QED) is 0.476. The minimum absolute atomic E-state index is 0. The minimum atomic E-state index is -0.472. The first-order valence-electron chi connectivity index (χ1n) is 8.65. The number of hydrogen-bond donors (Lipinski definition) is 2. The normalized spacial score (nSPS) is 10.8. The average Bonchev–Trinajstić information content (AvgIpc) is 3.07. The Bertz CT molecular complexity index is 1250. The van der Waals surface area contributed by atoms with Gasteiger partial charge in [0, 0.05) is 36.8 Å². The van der Waals surface area contributed by atoms with E-state index in [4.69, 9.17) is 16.1 Å². The van der Waals surface area contributed by atoms with Crippen molar-refractivity contribution in [2.75, 3.05) is 19.0 Å². The van der Waals surface area contributed by atoms with Gasteiger partial charge >= 0.3 is 51.4 Å². The Morgan fingerprint density at radius 1 is 1.14 bits per heavy atom. The monoisotopic (exact) mass is 435 g/mol. The SMILES string of the molecule is Cc1cc(-c2c(O)c3cc(-c4ccc(N(C)C)cc4)c(Cl)cc3[nH]c2=O)on1.[KH]. The van der Waals surface area contributed by atoms with Crippen LogP contribution in [0.25, 0.3) is 33.4 Å². The summed E-state index contributed by atoms with van der Waals surface area (Å²) in [6.07, 6.45) is 0. The van der Waals surface area contributed by atoms with Gasteiger partial charge in [-0.15, -0.1) is 0 Å². The number of aromatic nitrogens is 2. The molecular formula is C21H19ClKN3O3. The molecule has 0 aliphatic rings. The van der Waals surface area contributed by atoms with E-state index in [1.807, 2.05) is 43.3 Å². The molecule has 0 atom stereocenters. The molecule has 0 bridgehead atoms. The summed E-state index contributed by atoms with van der Waals surface area (Å²) in [5.74, 6) is 0.0442. The van der Waals surface area contributed by atoms with Crippen molar-refractivity contribution in [2.24, 2.45) is 0 Å². The Labute approximate surface area is 214 Å². The number of H-pyrrole nitrogens is 1. The molecule has 0 aliphatic heterocycles. The van der Waals surface area contributed by atoms with Gasteiger partial charge in [0.1, 0.15) is 11.3 Å². The van der Waals surface area contributed by atoms with Gasteiger partial charge in [-0.2, -0.15) is 0 Å². The van der Waals surface area contributed by atoms with Crippen LogP contribution in [0, 0.1) is 6.92 Å². The van der Waals surface area contributed by atoms with Crippen molar-refractivity contribution in [3.8, 4) is 28.2 Å². The fourth-order valence-corrected chi connectivity index (χ4v) is 3.44. The third-order valence-corrected chi connectivity index (χ3v) is 4.96. The Balaban J connectivity index is 0.00000240. The summed E-state index contributed by atoms with van der Waals surface area (Å²) in [7, 11) is 3.94. The van der Waals surface area contributed by atoms with Crippen LogP contribution in [0.2, 0.25) is 5.02 Å². The molecule has 0 radical (unpaired) electrons. The van der Waals surface area contributed by atoms with Gasteiger partial charge in [-0.25, -0.2) is 0 Å². The van der Waals surface area contributed by atoms with Gasteiger partial charge in [-0.3, -0.25) is 4.79 Å². The third kappa shape index (κ3) is 4.16. The van der Waals surface area contributed by atoms with Crippen molar-refractivity contribution in [2.45, 2.75) is 6.92 Å². The summed E-state index contributed by atoms with van der Waals surface area (Å²) >= 11 is 6.46. The fraction of sp³-hybridized carbons (Fsp3) is 0.143. The van der Waals surface area contributed by atoms with Crippen molar-refractivity contribution in [3.05, 3.63) is 63.5 Å². The Morgan fingerprint density at radius 2 is 1.83 bits per heavy atom. The number of halogens is 1. The van der Waals surface area contributed by atoms with Crippen LogP contribution < -0.4 is 10.5 Å². The van der Waals surface area contributed by atoms with Crippen molar-refractivity contribution in [1.29, 1.82) is 0 Å². The first kappa shape index (κ1) is 22.1. The number of aryl methyl sites for hydroxylation is 1. The van der Waals surface area contributed by atoms with Gasteiger partial charge in [0.15, 0.2) is 5.76 Å². The molecule has 2 aromatic heterocycles. The van der Waals surface area contributed by atoms with Crippen molar-refractivity contribution in [1.82, 2.24) is 10.1 Å². The maximum atomic E-state index is 12.5. The van der Waals surface area contributed by atoms with Crippen LogP contribution in [0.1, 0.15) is 5.69 Å². The number of hydrogen-bond acceptors (Lipinski definition) is 5. The van der Waals surface area contributed by atoms with Gasteiger partial charge < -0.3 is 19.5 Å². The molecule has 2 heterocycles. The maximum absolute atomic E-state index is 12.5. The number of nitrogens with one attached hydrogen (secondary N) is 1. The predicted octanol–water partition coefficient (Wildman–Crippen LogP) is 3.94. The number of fused-ring (bicyclic) bond motifs is 1. The molecule has 0 spiro atoms. The van der Waals surface area contributed by atoms with Crippen LogP contribution in [0.15, 0.2) is 51.8 Å². The molecule has 0 unspecified atom stereocenters. The summed E-state index contributed by atoms with van der Waals surface area (Å²) in [5, 5.41) is 15.6. The van der Waals surface area contributed by atoms with Crippen LogP contribution in [0.3, 0.4) is 0 Å². The van der Waals surface area contributed by atoms with E-state index >= 15 is 0 Å². The molecule has 4 aromatic rings. The predicted molar refractivity (Wildman–Crippen MR) is 118 cm³/mol. The van der Waals surface area contributed by atoms with Gasteiger partial charge in [-0.05, 0) is 36.8 Å². The van der Waals surface area contributed by atoms with Crippen molar-refractivity contribution < 1.29 is 9.63 Å². The van der Waals surface area contributed by atoms with Gasteiger partial charge in [0.2, 0.25) is 0 Å². The number of pyridine rings is 1. The molecule has 2 N–H and O–H groups in total. The number of anilines is 1. The van der Waals surface area contributed by atoms with E-state index < -0.39 is 5.56 Å². The fourth-order valence-electron chi connectivity index (χ4n) is 3.17. The average molecular weight is 436 g/mol. The first-order chi connectivity index (χ1) is 13.3. The summed E-state index contributed by atoms with van der Waals surface area (Å²) in [5.41, 5.74) is 3.36. The van der Waals surface area contributed by atoms with Crippen LogP contribution >= 0.6 is 11.6 Å². The van der Waals surface area contributed by atoms with E-state index in [0.717, 1.165) is 16.8 Å². The first-order valence-corrected chi connectivity index (χ1v) is 9.03. The summed E-state index contributed by atoms with van der Waals surface area (Å²) < 4.78 is 5.17. The standard InChI is InChI=1S/C21H18ClN3O3.K.H/c1-11-8-18(28-24-11)19-20(26)15-9-14(16(22)10-17(15)23-21(19)27)12-4-6-13(7-5-12)25(2)3;;/h4-10H,1-3H3,(H2,23,26,27);;. The molecule has 0 fully saturated rings.